The van der Waals surface area contributed by atoms with E-state index < -0.39 is 0 Å². The molecule has 1 saturated heterocycles. The van der Waals surface area contributed by atoms with Gasteiger partial charge in [0.05, 0.1) is 37.6 Å². The third-order valence-electron chi connectivity index (χ3n) is 6.85. The fourth-order valence-corrected chi connectivity index (χ4v) is 5.01. The van der Waals surface area contributed by atoms with Crippen LogP contribution in [0.3, 0.4) is 0 Å². The van der Waals surface area contributed by atoms with Crippen molar-refractivity contribution in [1.29, 1.82) is 0 Å². The van der Waals surface area contributed by atoms with Crippen molar-refractivity contribution in [2.45, 2.75) is 50.7 Å². The molecule has 3 aromatic rings. The first-order valence-corrected chi connectivity index (χ1v) is 12.2. The van der Waals surface area contributed by atoms with Crippen LogP contribution in [0.5, 0.6) is 0 Å². The molecular formula is C25H34N6O3. The molecule has 9 nitrogen and oxygen atoms in total. The van der Waals surface area contributed by atoms with Gasteiger partial charge in [0.15, 0.2) is 0 Å². The monoisotopic (exact) mass is 466 g/mol. The van der Waals surface area contributed by atoms with Crippen molar-refractivity contribution in [2.75, 3.05) is 50.2 Å². The van der Waals surface area contributed by atoms with E-state index in [4.69, 9.17) is 19.6 Å². The maximum Gasteiger partial charge on any atom is 0.241 e. The molecule has 2 aliphatic rings. The number of fused-ring (bicyclic) bond motifs is 1. The van der Waals surface area contributed by atoms with Crippen LogP contribution < -0.4 is 10.2 Å². The fourth-order valence-electron chi connectivity index (χ4n) is 5.01. The molecule has 1 atom stereocenters. The SMILES string of the molecule is COC[C@H](C)Nc1ncc2c(-c3ccc(N4CCOCC4)nc3)cc(C3CCC(O)CC3)n2n1. The number of nitrogens with zero attached hydrogens (tertiary/aromatic N) is 5. The third-order valence-corrected chi connectivity index (χ3v) is 6.85. The summed E-state index contributed by atoms with van der Waals surface area (Å²) in [6.07, 6.45) is 7.19. The highest BCUT2D eigenvalue weighted by Gasteiger charge is 2.26. The zero-order chi connectivity index (χ0) is 23.5. The van der Waals surface area contributed by atoms with Gasteiger partial charge in [-0.15, -0.1) is 5.10 Å². The summed E-state index contributed by atoms with van der Waals surface area (Å²) in [7, 11) is 1.69. The Morgan fingerprint density at radius 2 is 1.94 bits per heavy atom. The number of anilines is 2. The lowest BCUT2D eigenvalue weighted by atomic mass is 9.85. The van der Waals surface area contributed by atoms with Crippen LogP contribution in [0.4, 0.5) is 11.8 Å². The van der Waals surface area contributed by atoms with E-state index in [0.717, 1.165) is 74.4 Å². The van der Waals surface area contributed by atoms with Gasteiger partial charge in [0.2, 0.25) is 5.95 Å². The summed E-state index contributed by atoms with van der Waals surface area (Å²) < 4.78 is 12.7. The van der Waals surface area contributed by atoms with E-state index in [1.54, 1.807) is 7.11 Å². The first-order chi connectivity index (χ1) is 16.6. The molecule has 4 heterocycles. The molecule has 1 saturated carbocycles. The van der Waals surface area contributed by atoms with Crippen LogP contribution in [0.25, 0.3) is 16.6 Å². The van der Waals surface area contributed by atoms with E-state index in [1.165, 1.54) is 5.69 Å². The molecule has 0 aromatic carbocycles. The van der Waals surface area contributed by atoms with Crippen molar-refractivity contribution in [3.8, 4) is 11.1 Å². The quantitative estimate of drug-likeness (QED) is 0.548. The lowest BCUT2D eigenvalue weighted by Crippen LogP contribution is -2.36. The molecule has 2 fully saturated rings. The van der Waals surface area contributed by atoms with Gasteiger partial charge in [-0.1, -0.05) is 0 Å². The van der Waals surface area contributed by atoms with Gasteiger partial charge in [-0.25, -0.2) is 14.5 Å². The molecule has 5 rings (SSSR count). The van der Waals surface area contributed by atoms with Crippen LogP contribution in [0.1, 0.15) is 44.2 Å². The Balaban J connectivity index is 1.49. The molecule has 1 aliphatic carbocycles. The second-order valence-corrected chi connectivity index (χ2v) is 9.37. The van der Waals surface area contributed by atoms with Crippen LogP contribution in [0, 0.1) is 0 Å². The van der Waals surface area contributed by atoms with Gasteiger partial charge < -0.3 is 24.8 Å². The second-order valence-electron chi connectivity index (χ2n) is 9.37. The van der Waals surface area contributed by atoms with Crippen LogP contribution in [-0.4, -0.2) is 76.9 Å². The Morgan fingerprint density at radius 1 is 1.15 bits per heavy atom. The van der Waals surface area contributed by atoms with E-state index in [9.17, 15) is 5.11 Å². The lowest BCUT2D eigenvalue weighted by molar-refractivity contribution is 0.121. The molecule has 3 aromatic heterocycles. The molecule has 2 N–H and O–H groups in total. The van der Waals surface area contributed by atoms with Crippen molar-refractivity contribution < 1.29 is 14.6 Å². The predicted octanol–water partition coefficient (Wildman–Crippen LogP) is 3.09. The van der Waals surface area contributed by atoms with Crippen LogP contribution in [0.15, 0.2) is 30.6 Å². The Kier molecular flexibility index (Phi) is 6.94. The molecule has 34 heavy (non-hydrogen) atoms. The average molecular weight is 467 g/mol. The van der Waals surface area contributed by atoms with Crippen LogP contribution in [0.2, 0.25) is 0 Å². The Labute approximate surface area is 200 Å². The molecule has 182 valence electrons. The molecule has 0 radical (unpaired) electrons. The number of aliphatic hydroxyl groups is 1. The molecule has 9 heteroatoms. The maximum atomic E-state index is 10.0. The number of nitrogens with one attached hydrogen (secondary N) is 1. The van der Waals surface area contributed by atoms with Crippen molar-refractivity contribution in [2.24, 2.45) is 0 Å². The lowest BCUT2D eigenvalue weighted by Gasteiger charge is -2.27. The predicted molar refractivity (Wildman–Crippen MR) is 131 cm³/mol. The molecule has 0 amide bonds. The van der Waals surface area contributed by atoms with Gasteiger partial charge in [-0.3, -0.25) is 0 Å². The smallest absolute Gasteiger partial charge is 0.241 e. The standard InChI is InChI=1S/C25H34N6O3/c1-17(16-33-2)28-25-27-15-23-21(13-22(31(23)29-25)18-3-6-20(32)7-4-18)19-5-8-24(26-14-19)30-9-11-34-12-10-30/h5,8,13-15,17-18,20,32H,3-4,6-7,9-12,16H2,1-2H3,(H,28,29)/t17-,18?,20?/m0/s1. The summed E-state index contributed by atoms with van der Waals surface area (Å²) in [4.78, 5) is 11.6. The van der Waals surface area contributed by atoms with Gasteiger partial charge >= 0.3 is 0 Å². The Morgan fingerprint density at radius 3 is 2.65 bits per heavy atom. The minimum Gasteiger partial charge on any atom is -0.393 e. The number of morpholine rings is 1. The number of aliphatic hydroxyl groups excluding tert-OH is 1. The highest BCUT2D eigenvalue weighted by Crippen LogP contribution is 2.37. The third kappa shape index (κ3) is 4.87. The number of methoxy groups -OCH3 is 1. The topological polar surface area (TPSA) is 97.0 Å². The van der Waals surface area contributed by atoms with E-state index in [0.29, 0.717) is 18.5 Å². The zero-order valence-corrected chi connectivity index (χ0v) is 20.0. The van der Waals surface area contributed by atoms with Crippen molar-refractivity contribution in [3.05, 3.63) is 36.3 Å². The normalized spacial score (nSPS) is 22.1. The van der Waals surface area contributed by atoms with Crippen LogP contribution in [-0.2, 0) is 9.47 Å². The number of pyridine rings is 1. The van der Waals surface area contributed by atoms with E-state index in [1.807, 2.05) is 23.8 Å². The average Bonchev–Trinajstić information content (AvgIpc) is 3.24. The Hall–Kier alpha value is -2.75. The van der Waals surface area contributed by atoms with Gasteiger partial charge in [0.1, 0.15) is 5.82 Å². The van der Waals surface area contributed by atoms with Gasteiger partial charge in [0, 0.05) is 55.2 Å². The minimum atomic E-state index is -0.194. The molecule has 0 unspecified atom stereocenters. The first-order valence-electron chi connectivity index (χ1n) is 12.2. The van der Waals surface area contributed by atoms with E-state index in [2.05, 4.69) is 33.4 Å². The number of hydrogen-bond donors (Lipinski definition) is 2. The number of ether oxygens (including phenoxy) is 2. The number of hydrogen-bond acceptors (Lipinski definition) is 8. The number of aromatic nitrogens is 4. The maximum absolute atomic E-state index is 10.0. The molecule has 0 spiro atoms. The van der Waals surface area contributed by atoms with Crippen molar-refractivity contribution in [3.63, 3.8) is 0 Å². The van der Waals surface area contributed by atoms with Crippen molar-refractivity contribution in [1.82, 2.24) is 19.6 Å². The highest BCUT2D eigenvalue weighted by molar-refractivity contribution is 5.81. The van der Waals surface area contributed by atoms with E-state index in [-0.39, 0.29) is 12.1 Å². The largest absolute Gasteiger partial charge is 0.393 e. The number of rotatable bonds is 7. The van der Waals surface area contributed by atoms with Gasteiger partial charge in [-0.05, 0) is 50.8 Å². The van der Waals surface area contributed by atoms with E-state index >= 15 is 0 Å². The van der Waals surface area contributed by atoms with Crippen molar-refractivity contribution >= 4 is 17.3 Å². The van der Waals surface area contributed by atoms with Crippen LogP contribution >= 0.6 is 0 Å². The summed E-state index contributed by atoms with van der Waals surface area (Å²) in [6, 6.07) is 6.56. The molecule has 1 aliphatic heterocycles. The summed E-state index contributed by atoms with van der Waals surface area (Å²) in [5.41, 5.74) is 4.26. The molecular weight excluding hydrogens is 432 g/mol. The van der Waals surface area contributed by atoms with Gasteiger partial charge in [0.25, 0.3) is 0 Å². The molecule has 0 bridgehead atoms. The summed E-state index contributed by atoms with van der Waals surface area (Å²) in [6.45, 7) is 5.83. The summed E-state index contributed by atoms with van der Waals surface area (Å²) in [5.74, 6) is 1.91. The van der Waals surface area contributed by atoms with Gasteiger partial charge in [-0.2, -0.15) is 0 Å². The summed E-state index contributed by atoms with van der Waals surface area (Å²) in [5, 5.41) is 18.2. The minimum absolute atomic E-state index is 0.0997. The summed E-state index contributed by atoms with van der Waals surface area (Å²) >= 11 is 0. The first kappa shape index (κ1) is 23.0. The zero-order valence-electron chi connectivity index (χ0n) is 20.0. The highest BCUT2D eigenvalue weighted by atomic mass is 16.5. The second kappa shape index (κ2) is 10.2. The Bertz CT molecular complexity index is 1090. The fraction of sp³-hybridized carbons (Fsp3) is 0.560.